The van der Waals surface area contributed by atoms with E-state index in [-0.39, 0.29) is 0 Å². The van der Waals surface area contributed by atoms with Crippen molar-refractivity contribution >= 4 is 0 Å². The number of rotatable bonds is 7. The van der Waals surface area contributed by atoms with Gasteiger partial charge in [-0.05, 0) is 44.0 Å². The van der Waals surface area contributed by atoms with E-state index in [1.165, 1.54) is 5.56 Å². The molecule has 16 heavy (non-hydrogen) atoms. The quantitative estimate of drug-likeness (QED) is 0.712. The topological polar surface area (TPSA) is 21.3 Å². The molecule has 1 N–H and O–H groups in total. The lowest BCUT2D eigenvalue weighted by Gasteiger charge is -2.11. The number of nitrogens with one attached hydrogen (secondary N) is 1. The van der Waals surface area contributed by atoms with Crippen LogP contribution in [0.1, 0.15) is 18.9 Å². The molecule has 0 aliphatic rings. The lowest BCUT2D eigenvalue weighted by molar-refractivity contribution is 0.414. The van der Waals surface area contributed by atoms with Gasteiger partial charge in [-0.15, -0.1) is 6.58 Å². The summed E-state index contributed by atoms with van der Waals surface area (Å²) < 4.78 is 5.12. The highest BCUT2D eigenvalue weighted by atomic mass is 16.5. The summed E-state index contributed by atoms with van der Waals surface area (Å²) in [5.74, 6) is 0.914. The van der Waals surface area contributed by atoms with E-state index in [1.54, 1.807) is 7.11 Å². The fourth-order valence-corrected chi connectivity index (χ4v) is 1.59. The lowest BCUT2D eigenvalue weighted by atomic mass is 10.1. The van der Waals surface area contributed by atoms with Crippen molar-refractivity contribution in [3.63, 3.8) is 0 Å². The largest absolute Gasteiger partial charge is 0.497 e. The van der Waals surface area contributed by atoms with Crippen molar-refractivity contribution < 1.29 is 4.74 Å². The summed E-state index contributed by atoms with van der Waals surface area (Å²) in [5, 5.41) is 3.46. The molecule has 1 aromatic carbocycles. The van der Waals surface area contributed by atoms with Crippen LogP contribution < -0.4 is 10.1 Å². The maximum absolute atomic E-state index is 5.12. The average Bonchev–Trinajstić information content (AvgIpc) is 2.30. The van der Waals surface area contributed by atoms with Gasteiger partial charge in [-0.2, -0.15) is 0 Å². The van der Waals surface area contributed by atoms with Gasteiger partial charge in [-0.3, -0.25) is 0 Å². The van der Waals surface area contributed by atoms with Gasteiger partial charge in [0.05, 0.1) is 7.11 Å². The first-order valence-electron chi connectivity index (χ1n) is 5.73. The fourth-order valence-electron chi connectivity index (χ4n) is 1.59. The van der Waals surface area contributed by atoms with Gasteiger partial charge < -0.3 is 10.1 Å². The molecular formula is C14H21NO. The van der Waals surface area contributed by atoms with E-state index in [2.05, 4.69) is 31.0 Å². The van der Waals surface area contributed by atoms with Gasteiger partial charge in [0.25, 0.3) is 0 Å². The van der Waals surface area contributed by atoms with E-state index >= 15 is 0 Å². The van der Waals surface area contributed by atoms with Gasteiger partial charge in [-0.1, -0.05) is 18.2 Å². The zero-order chi connectivity index (χ0) is 11.8. The second-order valence-electron chi connectivity index (χ2n) is 3.98. The molecule has 0 spiro atoms. The second kappa shape index (κ2) is 7.07. The molecule has 88 valence electrons. The summed E-state index contributed by atoms with van der Waals surface area (Å²) in [6.07, 6.45) is 4.01. The van der Waals surface area contributed by atoms with Gasteiger partial charge in [0.2, 0.25) is 0 Å². The molecule has 0 aliphatic heterocycles. The van der Waals surface area contributed by atoms with Crippen molar-refractivity contribution in [3.05, 3.63) is 42.5 Å². The van der Waals surface area contributed by atoms with Crippen LogP contribution in [-0.2, 0) is 6.42 Å². The summed E-state index contributed by atoms with van der Waals surface area (Å²) in [7, 11) is 1.69. The van der Waals surface area contributed by atoms with Crippen LogP contribution in [0.15, 0.2) is 36.9 Å². The van der Waals surface area contributed by atoms with E-state index in [9.17, 15) is 0 Å². The molecule has 0 fully saturated rings. The van der Waals surface area contributed by atoms with Gasteiger partial charge in [-0.25, -0.2) is 0 Å². The van der Waals surface area contributed by atoms with Crippen molar-refractivity contribution in [2.45, 2.75) is 25.8 Å². The monoisotopic (exact) mass is 219 g/mol. The minimum atomic E-state index is 0.510. The van der Waals surface area contributed by atoms with Crippen LogP contribution in [0.2, 0.25) is 0 Å². The Morgan fingerprint density at radius 3 is 2.62 bits per heavy atom. The molecule has 0 bridgehead atoms. The summed E-state index contributed by atoms with van der Waals surface area (Å²) in [6.45, 7) is 6.91. The molecule has 1 aromatic rings. The summed E-state index contributed by atoms with van der Waals surface area (Å²) >= 11 is 0. The van der Waals surface area contributed by atoms with Crippen LogP contribution >= 0.6 is 0 Å². The molecule has 0 heterocycles. The van der Waals surface area contributed by atoms with Gasteiger partial charge in [0.15, 0.2) is 0 Å². The molecule has 0 saturated carbocycles. The number of hydrogen-bond acceptors (Lipinski definition) is 2. The summed E-state index contributed by atoms with van der Waals surface area (Å²) in [5.41, 5.74) is 1.33. The van der Waals surface area contributed by atoms with Crippen molar-refractivity contribution in [2.75, 3.05) is 13.7 Å². The first-order chi connectivity index (χ1) is 7.76. The number of ether oxygens (including phenoxy) is 1. The Hall–Kier alpha value is -1.28. The van der Waals surface area contributed by atoms with Gasteiger partial charge in [0, 0.05) is 6.04 Å². The zero-order valence-electron chi connectivity index (χ0n) is 10.2. The first kappa shape index (κ1) is 12.8. The van der Waals surface area contributed by atoms with Gasteiger partial charge >= 0.3 is 0 Å². The minimum Gasteiger partial charge on any atom is -0.497 e. The Labute approximate surface area is 98.3 Å². The Morgan fingerprint density at radius 2 is 2.06 bits per heavy atom. The SMILES string of the molecule is C=CCC(C)NCCc1ccc(OC)cc1. The molecule has 2 heteroatoms. The third-order valence-electron chi connectivity index (χ3n) is 2.59. The van der Waals surface area contributed by atoms with E-state index in [0.717, 1.165) is 25.1 Å². The number of methoxy groups -OCH3 is 1. The molecule has 0 aliphatic carbocycles. The predicted octanol–water partition coefficient (Wildman–Crippen LogP) is 2.79. The van der Waals surface area contributed by atoms with Crippen LogP contribution in [0.5, 0.6) is 5.75 Å². The normalized spacial score (nSPS) is 12.1. The van der Waals surface area contributed by atoms with Crippen molar-refractivity contribution in [1.82, 2.24) is 5.32 Å². The Kier molecular flexibility index (Phi) is 5.65. The van der Waals surface area contributed by atoms with Crippen molar-refractivity contribution in [3.8, 4) is 5.75 Å². The predicted molar refractivity (Wildman–Crippen MR) is 69.0 cm³/mol. The van der Waals surface area contributed by atoms with E-state index in [0.29, 0.717) is 6.04 Å². The van der Waals surface area contributed by atoms with Crippen LogP contribution in [0.4, 0.5) is 0 Å². The third kappa shape index (κ3) is 4.49. The maximum Gasteiger partial charge on any atom is 0.118 e. The smallest absolute Gasteiger partial charge is 0.118 e. The highest BCUT2D eigenvalue weighted by molar-refractivity contribution is 5.27. The number of hydrogen-bond donors (Lipinski definition) is 1. The lowest BCUT2D eigenvalue weighted by Crippen LogP contribution is -2.27. The molecule has 2 nitrogen and oxygen atoms in total. The molecular weight excluding hydrogens is 198 g/mol. The zero-order valence-corrected chi connectivity index (χ0v) is 10.2. The van der Waals surface area contributed by atoms with Crippen molar-refractivity contribution in [2.24, 2.45) is 0 Å². The molecule has 0 saturated heterocycles. The summed E-state index contributed by atoms with van der Waals surface area (Å²) in [6, 6.07) is 8.73. The fraction of sp³-hybridized carbons (Fsp3) is 0.429. The standard InChI is InChI=1S/C14H21NO/c1-4-5-12(2)15-11-10-13-6-8-14(16-3)9-7-13/h4,6-9,12,15H,1,5,10-11H2,2-3H3. The van der Waals surface area contributed by atoms with Crippen LogP contribution in [0, 0.1) is 0 Å². The molecule has 0 radical (unpaired) electrons. The Morgan fingerprint density at radius 1 is 1.38 bits per heavy atom. The third-order valence-corrected chi connectivity index (χ3v) is 2.59. The van der Waals surface area contributed by atoms with Crippen LogP contribution in [0.25, 0.3) is 0 Å². The molecule has 0 aromatic heterocycles. The van der Waals surface area contributed by atoms with E-state index in [1.807, 2.05) is 18.2 Å². The molecule has 1 unspecified atom stereocenters. The highest BCUT2D eigenvalue weighted by Crippen LogP contribution is 2.11. The molecule has 0 amide bonds. The number of benzene rings is 1. The molecule has 1 rings (SSSR count). The van der Waals surface area contributed by atoms with Crippen LogP contribution in [-0.4, -0.2) is 19.7 Å². The second-order valence-corrected chi connectivity index (χ2v) is 3.98. The maximum atomic E-state index is 5.12. The summed E-state index contributed by atoms with van der Waals surface area (Å²) in [4.78, 5) is 0. The highest BCUT2D eigenvalue weighted by Gasteiger charge is 1.98. The van der Waals surface area contributed by atoms with Crippen molar-refractivity contribution in [1.29, 1.82) is 0 Å². The van der Waals surface area contributed by atoms with E-state index in [4.69, 9.17) is 4.74 Å². The first-order valence-corrected chi connectivity index (χ1v) is 5.73. The Balaban J connectivity index is 2.28. The van der Waals surface area contributed by atoms with E-state index < -0.39 is 0 Å². The Bertz CT molecular complexity index is 305. The van der Waals surface area contributed by atoms with Gasteiger partial charge in [0.1, 0.15) is 5.75 Å². The molecule has 1 atom stereocenters. The average molecular weight is 219 g/mol. The minimum absolute atomic E-state index is 0.510. The van der Waals surface area contributed by atoms with Crippen LogP contribution in [0.3, 0.4) is 0 Å².